The Morgan fingerprint density at radius 2 is 1.80 bits per heavy atom. The van der Waals surface area contributed by atoms with E-state index in [1.807, 2.05) is 6.92 Å². The van der Waals surface area contributed by atoms with Gasteiger partial charge in [-0.2, -0.15) is 0 Å². The zero-order valence-electron chi connectivity index (χ0n) is 11.9. The molecule has 0 aromatic heterocycles. The normalized spacial score (nSPS) is 13.5. The molecule has 0 aromatic rings. The second-order valence-corrected chi connectivity index (χ2v) is 4.85. The summed E-state index contributed by atoms with van der Waals surface area (Å²) in [6, 6.07) is -1.07. The quantitative estimate of drug-likeness (QED) is 0.423. The molecule has 116 valence electrons. The van der Waals surface area contributed by atoms with E-state index in [2.05, 4.69) is 5.32 Å². The van der Waals surface area contributed by atoms with Gasteiger partial charge in [-0.15, -0.1) is 0 Å². The van der Waals surface area contributed by atoms with E-state index in [9.17, 15) is 14.4 Å². The zero-order chi connectivity index (χ0) is 15.5. The molecule has 0 radical (unpaired) electrons. The lowest BCUT2D eigenvalue weighted by molar-refractivity contribution is -0.142. The highest BCUT2D eigenvalue weighted by molar-refractivity contribution is 5.84. The fourth-order valence-corrected chi connectivity index (χ4v) is 1.93. The number of rotatable bonds is 11. The third-order valence-electron chi connectivity index (χ3n) is 3.24. The summed E-state index contributed by atoms with van der Waals surface area (Å²) < 4.78 is 0. The summed E-state index contributed by atoms with van der Waals surface area (Å²) in [5.74, 6) is -1.69. The number of primary amides is 1. The first-order chi connectivity index (χ1) is 9.40. The highest BCUT2D eigenvalue weighted by atomic mass is 16.4. The molecule has 0 aliphatic rings. The molecule has 0 aromatic carbocycles. The summed E-state index contributed by atoms with van der Waals surface area (Å²) in [6.45, 7) is 2.61. The summed E-state index contributed by atoms with van der Waals surface area (Å²) in [6.07, 6.45) is 2.68. The van der Waals surface area contributed by atoms with Crippen LogP contribution in [0.2, 0.25) is 0 Å². The Labute approximate surface area is 119 Å². The Hall–Kier alpha value is -1.63. The fraction of sp³-hybridized carbons (Fsp3) is 0.769. The van der Waals surface area contributed by atoms with Crippen LogP contribution < -0.4 is 16.8 Å². The maximum Gasteiger partial charge on any atom is 0.326 e. The minimum Gasteiger partial charge on any atom is -0.480 e. The summed E-state index contributed by atoms with van der Waals surface area (Å²) in [5.41, 5.74) is 10.4. The summed E-state index contributed by atoms with van der Waals surface area (Å²) in [4.78, 5) is 33.3. The van der Waals surface area contributed by atoms with Gasteiger partial charge in [-0.1, -0.05) is 13.3 Å². The van der Waals surface area contributed by atoms with Crippen LogP contribution in [0.3, 0.4) is 0 Å². The molecule has 0 saturated heterocycles. The van der Waals surface area contributed by atoms with E-state index in [-0.39, 0.29) is 25.2 Å². The van der Waals surface area contributed by atoms with Gasteiger partial charge in [0.1, 0.15) is 6.04 Å². The first-order valence-corrected chi connectivity index (χ1v) is 6.91. The average Bonchev–Trinajstić information content (AvgIpc) is 2.38. The number of nitrogens with one attached hydrogen (secondary N) is 1. The summed E-state index contributed by atoms with van der Waals surface area (Å²) in [7, 11) is 0. The van der Waals surface area contributed by atoms with E-state index in [0.717, 1.165) is 12.8 Å². The molecular weight excluding hydrogens is 262 g/mol. The van der Waals surface area contributed by atoms with E-state index in [1.165, 1.54) is 0 Å². The van der Waals surface area contributed by atoms with E-state index >= 15 is 0 Å². The molecule has 6 N–H and O–H groups in total. The highest BCUT2D eigenvalue weighted by Gasteiger charge is 2.20. The van der Waals surface area contributed by atoms with Crippen LogP contribution in [0.1, 0.15) is 45.4 Å². The fourth-order valence-electron chi connectivity index (χ4n) is 1.93. The Bertz CT molecular complexity index is 334. The Kier molecular flexibility index (Phi) is 9.36. The SMILES string of the molecule is CCC(CCN)CCC(=O)NC(CCC(N)=O)C(=O)O. The minimum atomic E-state index is -1.16. The number of carboxylic acids is 1. The number of nitrogens with two attached hydrogens (primary N) is 2. The molecule has 0 fully saturated rings. The van der Waals surface area contributed by atoms with Gasteiger partial charge >= 0.3 is 5.97 Å². The van der Waals surface area contributed by atoms with Crippen molar-refractivity contribution in [3.05, 3.63) is 0 Å². The van der Waals surface area contributed by atoms with Gasteiger partial charge in [0.15, 0.2) is 0 Å². The van der Waals surface area contributed by atoms with E-state index in [1.54, 1.807) is 0 Å². The summed E-state index contributed by atoms with van der Waals surface area (Å²) >= 11 is 0. The molecule has 20 heavy (non-hydrogen) atoms. The lowest BCUT2D eigenvalue weighted by Crippen LogP contribution is -2.41. The van der Waals surface area contributed by atoms with Crippen LogP contribution >= 0.6 is 0 Å². The molecule has 2 atom stereocenters. The van der Waals surface area contributed by atoms with Crippen LogP contribution in [0.25, 0.3) is 0 Å². The topological polar surface area (TPSA) is 136 Å². The van der Waals surface area contributed by atoms with Crippen molar-refractivity contribution in [1.82, 2.24) is 5.32 Å². The third-order valence-corrected chi connectivity index (χ3v) is 3.24. The lowest BCUT2D eigenvalue weighted by Gasteiger charge is -2.16. The van der Waals surface area contributed by atoms with Crippen LogP contribution in [-0.2, 0) is 14.4 Å². The van der Waals surface area contributed by atoms with Crippen molar-refractivity contribution >= 4 is 17.8 Å². The second-order valence-electron chi connectivity index (χ2n) is 4.85. The van der Waals surface area contributed by atoms with Crippen LogP contribution in [0.4, 0.5) is 0 Å². The van der Waals surface area contributed by atoms with E-state index in [0.29, 0.717) is 18.9 Å². The standard InChI is InChI=1S/C13H25N3O4/c1-2-9(7-8-14)3-6-12(18)16-10(13(19)20)4-5-11(15)17/h9-10H,2-8,14H2,1H3,(H2,15,17)(H,16,18)(H,19,20). The number of carbonyl (C=O) groups is 3. The maximum atomic E-state index is 11.7. The zero-order valence-corrected chi connectivity index (χ0v) is 11.9. The van der Waals surface area contributed by atoms with Gasteiger partial charge in [0.05, 0.1) is 0 Å². The Balaban J connectivity index is 4.18. The van der Waals surface area contributed by atoms with Crippen LogP contribution in [0.15, 0.2) is 0 Å². The molecule has 2 unspecified atom stereocenters. The van der Waals surface area contributed by atoms with Crippen LogP contribution in [0, 0.1) is 5.92 Å². The number of amides is 2. The van der Waals surface area contributed by atoms with Crippen molar-refractivity contribution in [3.8, 4) is 0 Å². The van der Waals surface area contributed by atoms with Crippen molar-refractivity contribution < 1.29 is 19.5 Å². The van der Waals surface area contributed by atoms with Gasteiger partial charge in [0.25, 0.3) is 0 Å². The van der Waals surface area contributed by atoms with Gasteiger partial charge in [0.2, 0.25) is 11.8 Å². The first kappa shape index (κ1) is 18.4. The van der Waals surface area contributed by atoms with Gasteiger partial charge in [-0.05, 0) is 31.7 Å². The van der Waals surface area contributed by atoms with Crippen LogP contribution in [0.5, 0.6) is 0 Å². The molecule has 0 aliphatic heterocycles. The smallest absolute Gasteiger partial charge is 0.326 e. The molecule has 0 aliphatic carbocycles. The number of carbonyl (C=O) groups excluding carboxylic acids is 2. The number of hydrogen-bond acceptors (Lipinski definition) is 4. The maximum absolute atomic E-state index is 11.7. The molecule has 0 rings (SSSR count). The molecule has 0 heterocycles. The minimum absolute atomic E-state index is 0.0103. The predicted molar refractivity (Wildman–Crippen MR) is 74.7 cm³/mol. The molecule has 0 saturated carbocycles. The largest absolute Gasteiger partial charge is 0.480 e. The monoisotopic (exact) mass is 287 g/mol. The van der Waals surface area contributed by atoms with E-state index in [4.69, 9.17) is 16.6 Å². The molecule has 7 nitrogen and oxygen atoms in total. The highest BCUT2D eigenvalue weighted by Crippen LogP contribution is 2.14. The number of aliphatic carboxylic acids is 1. The predicted octanol–water partition coefficient (Wildman–Crippen LogP) is -0.0235. The molecule has 0 bridgehead atoms. The van der Waals surface area contributed by atoms with Gasteiger partial charge in [-0.25, -0.2) is 4.79 Å². The van der Waals surface area contributed by atoms with Crippen molar-refractivity contribution in [2.75, 3.05) is 6.54 Å². The Morgan fingerprint density at radius 1 is 1.15 bits per heavy atom. The average molecular weight is 287 g/mol. The molecule has 7 heteroatoms. The molecular formula is C13H25N3O4. The van der Waals surface area contributed by atoms with E-state index < -0.39 is 17.9 Å². The van der Waals surface area contributed by atoms with Crippen molar-refractivity contribution in [2.45, 2.75) is 51.5 Å². The number of hydrogen-bond donors (Lipinski definition) is 4. The van der Waals surface area contributed by atoms with Crippen LogP contribution in [-0.4, -0.2) is 35.5 Å². The third kappa shape index (κ3) is 8.47. The van der Waals surface area contributed by atoms with Gasteiger partial charge in [0, 0.05) is 12.8 Å². The lowest BCUT2D eigenvalue weighted by atomic mass is 9.96. The number of carboxylic acid groups (broad SMARTS) is 1. The van der Waals surface area contributed by atoms with Gasteiger partial charge < -0.3 is 21.9 Å². The van der Waals surface area contributed by atoms with Gasteiger partial charge in [-0.3, -0.25) is 9.59 Å². The second kappa shape index (κ2) is 10.2. The first-order valence-electron chi connectivity index (χ1n) is 6.91. The van der Waals surface area contributed by atoms with Crippen molar-refractivity contribution in [3.63, 3.8) is 0 Å². The summed E-state index contributed by atoms with van der Waals surface area (Å²) in [5, 5.41) is 11.4. The molecule has 2 amide bonds. The Morgan fingerprint density at radius 3 is 2.25 bits per heavy atom. The molecule has 0 spiro atoms. The van der Waals surface area contributed by atoms with Crippen molar-refractivity contribution in [1.29, 1.82) is 0 Å². The van der Waals surface area contributed by atoms with Crippen molar-refractivity contribution in [2.24, 2.45) is 17.4 Å².